The quantitative estimate of drug-likeness (QED) is 0.0798. The third kappa shape index (κ3) is 12.5. The van der Waals surface area contributed by atoms with Crippen LogP contribution in [0.3, 0.4) is 0 Å². The standard InChI is InChI=1S/C30H50N6O12/c1-5-33(6-2)21-19-31-27(39)29(15-11-23(12-16-29)47-35(41)42)45-25(37)9-10-26(38)46-30(17-13-24(14-18-30)48-36(43)44)28(40)32-20-22-34(7-3)8-4/h9-10,23-24H,5-8,11-22H2,1-4H3,(H,31,39)(H,32,40)/b10-9+. The van der Waals surface area contributed by atoms with Crippen molar-refractivity contribution in [1.82, 2.24) is 20.4 Å². The Bertz CT molecular complexity index is 1040. The van der Waals surface area contributed by atoms with Crippen LogP contribution in [0, 0.1) is 20.2 Å². The molecular formula is C30H50N6O12. The van der Waals surface area contributed by atoms with Gasteiger partial charge in [-0.25, -0.2) is 9.59 Å². The van der Waals surface area contributed by atoms with E-state index in [1.54, 1.807) is 0 Å². The molecule has 0 heterocycles. The van der Waals surface area contributed by atoms with Crippen molar-refractivity contribution in [3.05, 3.63) is 32.4 Å². The van der Waals surface area contributed by atoms with Crippen LogP contribution in [0.1, 0.15) is 79.1 Å². The summed E-state index contributed by atoms with van der Waals surface area (Å²) in [4.78, 5) is 87.7. The molecule has 0 bridgehead atoms. The molecule has 18 heteroatoms. The molecule has 0 radical (unpaired) electrons. The molecule has 0 unspecified atom stereocenters. The van der Waals surface area contributed by atoms with Gasteiger partial charge >= 0.3 is 11.9 Å². The molecule has 0 spiro atoms. The van der Waals surface area contributed by atoms with E-state index < -0.39 is 57.3 Å². The molecule has 0 aromatic heterocycles. The summed E-state index contributed by atoms with van der Waals surface area (Å²) in [6.45, 7) is 12.7. The molecule has 2 aliphatic rings. The Morgan fingerprint density at radius 3 is 1.25 bits per heavy atom. The van der Waals surface area contributed by atoms with Crippen LogP contribution in [-0.2, 0) is 38.3 Å². The lowest BCUT2D eigenvalue weighted by molar-refractivity contribution is -0.769. The maximum Gasteiger partial charge on any atom is 0.332 e. The summed E-state index contributed by atoms with van der Waals surface area (Å²) < 4.78 is 11.2. The minimum Gasteiger partial charge on any atom is -0.446 e. The smallest absolute Gasteiger partial charge is 0.332 e. The monoisotopic (exact) mass is 686 g/mol. The highest BCUT2D eigenvalue weighted by Gasteiger charge is 2.47. The molecule has 18 nitrogen and oxygen atoms in total. The lowest BCUT2D eigenvalue weighted by Crippen LogP contribution is -2.54. The van der Waals surface area contributed by atoms with E-state index in [2.05, 4.69) is 30.1 Å². The first-order valence-corrected chi connectivity index (χ1v) is 16.6. The fourth-order valence-electron chi connectivity index (χ4n) is 5.97. The Hall–Kier alpha value is -4.06. The van der Waals surface area contributed by atoms with Crippen LogP contribution in [0.15, 0.2) is 12.2 Å². The van der Waals surface area contributed by atoms with Crippen molar-refractivity contribution in [1.29, 1.82) is 0 Å². The Kier molecular flexibility index (Phi) is 16.5. The third-order valence-corrected chi connectivity index (χ3v) is 8.94. The van der Waals surface area contributed by atoms with Crippen LogP contribution in [0.2, 0.25) is 0 Å². The van der Waals surface area contributed by atoms with Crippen molar-refractivity contribution in [3.63, 3.8) is 0 Å². The van der Waals surface area contributed by atoms with Crippen LogP contribution >= 0.6 is 0 Å². The summed E-state index contributed by atoms with van der Waals surface area (Å²) in [6, 6.07) is 0. The first-order chi connectivity index (χ1) is 22.8. The molecular weight excluding hydrogens is 636 g/mol. The molecule has 2 aliphatic carbocycles. The summed E-state index contributed by atoms with van der Waals surface area (Å²) in [5, 5.41) is 25.4. The van der Waals surface area contributed by atoms with Crippen LogP contribution in [0.25, 0.3) is 0 Å². The Morgan fingerprint density at radius 2 is 0.979 bits per heavy atom. The van der Waals surface area contributed by atoms with Gasteiger partial charge in [-0.2, -0.15) is 0 Å². The Balaban J connectivity index is 2.13. The highest BCUT2D eigenvalue weighted by atomic mass is 17.0. The normalized spacial score (nSPS) is 24.1. The highest BCUT2D eigenvalue weighted by Crippen LogP contribution is 2.35. The van der Waals surface area contributed by atoms with Gasteiger partial charge in [0.05, 0.1) is 0 Å². The van der Waals surface area contributed by atoms with Crippen molar-refractivity contribution in [2.24, 2.45) is 0 Å². The van der Waals surface area contributed by atoms with E-state index in [-0.39, 0.29) is 64.5 Å². The van der Waals surface area contributed by atoms with Gasteiger partial charge in [0, 0.05) is 38.3 Å². The van der Waals surface area contributed by atoms with Gasteiger partial charge in [0.2, 0.25) is 0 Å². The molecule has 0 aromatic rings. The number of esters is 2. The SMILES string of the molecule is CCN(CC)CCNC(=O)C1(OC(=O)/C=C/C(=O)OC2(C(=O)NCCN(CC)CC)CCC(O[N+](=O)[O-])CC2)CCC(O[N+](=O)[O-])CC1. The van der Waals surface area contributed by atoms with Crippen molar-refractivity contribution in [2.45, 2.75) is 102 Å². The summed E-state index contributed by atoms with van der Waals surface area (Å²) in [5.41, 5.74) is -3.29. The fraction of sp³-hybridized carbons (Fsp3) is 0.800. The fourth-order valence-corrected chi connectivity index (χ4v) is 5.97. The number of rotatable bonds is 20. The summed E-state index contributed by atoms with van der Waals surface area (Å²) in [7, 11) is 0. The number of carbonyl (C=O) groups is 4. The van der Waals surface area contributed by atoms with E-state index in [9.17, 15) is 39.4 Å². The minimum absolute atomic E-state index is 0.0448. The van der Waals surface area contributed by atoms with E-state index in [0.717, 1.165) is 38.3 Å². The van der Waals surface area contributed by atoms with Crippen LogP contribution in [0.4, 0.5) is 0 Å². The number of carbonyl (C=O) groups excluding carboxylic acids is 4. The van der Waals surface area contributed by atoms with Gasteiger partial charge in [-0.05, 0) is 77.5 Å². The zero-order valence-electron chi connectivity index (χ0n) is 28.3. The van der Waals surface area contributed by atoms with Gasteiger partial charge < -0.3 is 39.6 Å². The molecule has 2 amide bonds. The third-order valence-electron chi connectivity index (χ3n) is 8.94. The second kappa shape index (κ2) is 19.7. The van der Waals surface area contributed by atoms with Crippen molar-refractivity contribution >= 4 is 23.8 Å². The van der Waals surface area contributed by atoms with E-state index >= 15 is 0 Å². The molecule has 0 aliphatic heterocycles. The average molecular weight is 687 g/mol. The number of hydrogen-bond donors (Lipinski definition) is 2. The topological polar surface area (TPSA) is 222 Å². The molecule has 48 heavy (non-hydrogen) atoms. The van der Waals surface area contributed by atoms with Gasteiger partial charge in [0.15, 0.2) is 11.2 Å². The molecule has 2 saturated carbocycles. The van der Waals surface area contributed by atoms with Crippen molar-refractivity contribution < 1.29 is 48.5 Å². The molecule has 2 N–H and O–H groups in total. The van der Waals surface area contributed by atoms with E-state index in [1.165, 1.54) is 0 Å². The zero-order valence-corrected chi connectivity index (χ0v) is 28.3. The minimum atomic E-state index is -1.65. The molecule has 2 fully saturated rings. The second-order valence-electron chi connectivity index (χ2n) is 11.8. The van der Waals surface area contributed by atoms with Crippen molar-refractivity contribution in [3.8, 4) is 0 Å². The van der Waals surface area contributed by atoms with Crippen LogP contribution in [-0.4, -0.2) is 119 Å². The lowest BCUT2D eigenvalue weighted by atomic mass is 9.82. The van der Waals surface area contributed by atoms with E-state index in [1.807, 2.05) is 27.7 Å². The maximum absolute atomic E-state index is 13.3. The zero-order chi connectivity index (χ0) is 35.7. The molecule has 2 rings (SSSR count). The first-order valence-electron chi connectivity index (χ1n) is 16.6. The first kappa shape index (κ1) is 40.1. The number of nitrogens with zero attached hydrogens (tertiary/aromatic N) is 4. The summed E-state index contributed by atoms with van der Waals surface area (Å²) in [6.07, 6.45) is 0.198. The molecule has 0 atom stereocenters. The Morgan fingerprint density at radius 1 is 0.667 bits per heavy atom. The largest absolute Gasteiger partial charge is 0.446 e. The predicted molar refractivity (Wildman–Crippen MR) is 169 cm³/mol. The number of amides is 2. The van der Waals surface area contributed by atoms with E-state index in [4.69, 9.17) is 9.47 Å². The average Bonchev–Trinajstić information content (AvgIpc) is 3.05. The van der Waals surface area contributed by atoms with Gasteiger partial charge in [0.25, 0.3) is 22.0 Å². The van der Waals surface area contributed by atoms with Crippen molar-refractivity contribution in [2.75, 3.05) is 52.4 Å². The van der Waals surface area contributed by atoms with Gasteiger partial charge in [0.1, 0.15) is 12.2 Å². The predicted octanol–water partition coefficient (Wildman–Crippen LogP) is 1.32. The second-order valence-corrected chi connectivity index (χ2v) is 11.8. The molecule has 0 aromatic carbocycles. The Labute approximate surface area is 280 Å². The number of ether oxygens (including phenoxy) is 2. The van der Waals surface area contributed by atoms with Gasteiger partial charge in [-0.3, -0.25) is 9.59 Å². The number of hydrogen-bond acceptors (Lipinski definition) is 14. The highest BCUT2D eigenvalue weighted by molar-refractivity contribution is 5.96. The number of likely N-dealkylation sites (N-methyl/N-ethyl adjacent to an activating group) is 2. The van der Waals surface area contributed by atoms with Gasteiger partial charge in [-0.15, -0.1) is 20.2 Å². The lowest BCUT2D eigenvalue weighted by Gasteiger charge is -2.37. The summed E-state index contributed by atoms with van der Waals surface area (Å²) in [5.74, 6) is -3.18. The van der Waals surface area contributed by atoms with E-state index in [0.29, 0.717) is 13.1 Å². The maximum atomic E-state index is 13.3. The number of nitrogens with one attached hydrogen (secondary N) is 2. The van der Waals surface area contributed by atoms with Crippen LogP contribution in [0.5, 0.6) is 0 Å². The van der Waals surface area contributed by atoms with Crippen LogP contribution < -0.4 is 10.6 Å². The summed E-state index contributed by atoms with van der Waals surface area (Å²) >= 11 is 0. The molecule has 0 saturated heterocycles. The van der Waals surface area contributed by atoms with Gasteiger partial charge in [-0.1, -0.05) is 27.7 Å². The molecule has 272 valence electrons.